The van der Waals surface area contributed by atoms with Crippen LogP contribution in [0.3, 0.4) is 0 Å². The molecule has 2 aromatic carbocycles. The molecule has 0 aliphatic heterocycles. The third-order valence-electron chi connectivity index (χ3n) is 5.89. The fourth-order valence-electron chi connectivity index (χ4n) is 3.33. The van der Waals surface area contributed by atoms with Crippen LogP contribution in [0.15, 0.2) is 46.9 Å². The number of carbonyl (C=O) groups excluding carboxylic acids is 2. The van der Waals surface area contributed by atoms with Gasteiger partial charge in [0.2, 0.25) is 21.8 Å². The van der Waals surface area contributed by atoms with E-state index in [9.17, 15) is 18.0 Å². The van der Waals surface area contributed by atoms with E-state index in [4.69, 9.17) is 0 Å². The van der Waals surface area contributed by atoms with Crippen LogP contribution in [0.2, 0.25) is 0 Å². The van der Waals surface area contributed by atoms with Crippen molar-refractivity contribution in [2.24, 2.45) is 0 Å². The second kappa shape index (κ2) is 11.8. The Morgan fingerprint density at radius 3 is 2.18 bits per heavy atom. The number of hydrogen-bond acceptors (Lipinski definition) is 4. The van der Waals surface area contributed by atoms with E-state index < -0.39 is 28.5 Å². The van der Waals surface area contributed by atoms with Gasteiger partial charge >= 0.3 is 0 Å². The molecule has 2 unspecified atom stereocenters. The van der Waals surface area contributed by atoms with Gasteiger partial charge in [0.15, 0.2) is 0 Å². The highest BCUT2D eigenvalue weighted by Gasteiger charge is 2.30. The van der Waals surface area contributed by atoms with Crippen LogP contribution in [0.4, 0.5) is 5.69 Å². The number of amides is 2. The summed E-state index contributed by atoms with van der Waals surface area (Å²) in [7, 11) is -3.74. The zero-order valence-corrected chi connectivity index (χ0v) is 23.0. The van der Waals surface area contributed by atoms with Crippen LogP contribution < -0.4 is 9.62 Å². The molecule has 0 spiro atoms. The van der Waals surface area contributed by atoms with Gasteiger partial charge in [-0.3, -0.25) is 13.9 Å². The fraction of sp³-hybridized carbons (Fsp3) is 0.440. The Morgan fingerprint density at radius 2 is 1.65 bits per heavy atom. The van der Waals surface area contributed by atoms with Crippen molar-refractivity contribution in [1.82, 2.24) is 10.2 Å². The van der Waals surface area contributed by atoms with Crippen molar-refractivity contribution in [3.63, 3.8) is 0 Å². The van der Waals surface area contributed by atoms with Crippen LogP contribution in [0.1, 0.15) is 43.9 Å². The molecule has 2 atom stereocenters. The van der Waals surface area contributed by atoms with Crippen LogP contribution >= 0.6 is 15.9 Å². The number of sulfonamides is 1. The van der Waals surface area contributed by atoms with Gasteiger partial charge < -0.3 is 10.2 Å². The summed E-state index contributed by atoms with van der Waals surface area (Å²) >= 11 is 3.40. The lowest BCUT2D eigenvalue weighted by Crippen LogP contribution is -2.52. The van der Waals surface area contributed by atoms with Crippen molar-refractivity contribution in [3.05, 3.63) is 63.6 Å². The normalized spacial score (nSPS) is 13.1. The molecule has 0 bridgehead atoms. The van der Waals surface area contributed by atoms with Crippen LogP contribution in [0.5, 0.6) is 0 Å². The Morgan fingerprint density at radius 1 is 1.03 bits per heavy atom. The molecule has 34 heavy (non-hydrogen) atoms. The molecule has 186 valence electrons. The molecule has 0 aliphatic carbocycles. The maximum absolute atomic E-state index is 13.5. The number of nitrogens with one attached hydrogen (secondary N) is 1. The zero-order valence-electron chi connectivity index (χ0n) is 20.6. The van der Waals surface area contributed by atoms with Crippen molar-refractivity contribution in [2.45, 2.75) is 59.7 Å². The summed E-state index contributed by atoms with van der Waals surface area (Å²) in [6, 6.07) is 11.9. The summed E-state index contributed by atoms with van der Waals surface area (Å²) in [6.07, 6.45) is 1.83. The van der Waals surface area contributed by atoms with E-state index in [0.29, 0.717) is 5.69 Å². The minimum absolute atomic E-state index is 0.0392. The molecule has 2 aromatic rings. The standard InChI is InChI=1S/C25H34BrN3O4S/c1-7-19(4)27-25(31)20(5)28(15-21-9-11-22(26)12-10-21)24(30)16-29(34(6,32)33)23-13-8-17(2)18(3)14-23/h8-14,19-20H,7,15-16H2,1-6H3,(H,27,31). The molecule has 2 amide bonds. The van der Waals surface area contributed by atoms with Gasteiger partial charge in [0, 0.05) is 17.1 Å². The predicted molar refractivity (Wildman–Crippen MR) is 140 cm³/mol. The molecule has 0 saturated heterocycles. The SMILES string of the molecule is CCC(C)NC(=O)C(C)N(Cc1ccc(Br)cc1)C(=O)CN(c1ccc(C)c(C)c1)S(C)(=O)=O. The van der Waals surface area contributed by atoms with Gasteiger partial charge in [-0.25, -0.2) is 8.42 Å². The molecule has 0 aliphatic rings. The molecular formula is C25H34BrN3O4S. The third-order valence-corrected chi connectivity index (χ3v) is 7.56. The quantitative estimate of drug-likeness (QED) is 0.480. The highest BCUT2D eigenvalue weighted by Crippen LogP contribution is 2.22. The number of rotatable bonds is 10. The first-order valence-electron chi connectivity index (χ1n) is 11.2. The van der Waals surface area contributed by atoms with E-state index in [2.05, 4.69) is 21.2 Å². The number of carbonyl (C=O) groups is 2. The first kappa shape index (κ1) is 27.9. The lowest BCUT2D eigenvalue weighted by atomic mass is 10.1. The average molecular weight is 553 g/mol. The van der Waals surface area contributed by atoms with Gasteiger partial charge in [0.25, 0.3) is 0 Å². The van der Waals surface area contributed by atoms with Crippen molar-refractivity contribution in [2.75, 3.05) is 17.1 Å². The molecular weight excluding hydrogens is 518 g/mol. The van der Waals surface area contributed by atoms with Gasteiger partial charge in [0.05, 0.1) is 11.9 Å². The largest absolute Gasteiger partial charge is 0.352 e. The van der Waals surface area contributed by atoms with E-state index in [-0.39, 0.29) is 18.5 Å². The lowest BCUT2D eigenvalue weighted by Gasteiger charge is -2.32. The maximum atomic E-state index is 13.5. The number of anilines is 1. The van der Waals surface area contributed by atoms with Crippen molar-refractivity contribution in [1.29, 1.82) is 0 Å². The zero-order chi connectivity index (χ0) is 25.6. The average Bonchev–Trinajstić information content (AvgIpc) is 2.77. The fourth-order valence-corrected chi connectivity index (χ4v) is 4.43. The topological polar surface area (TPSA) is 86.8 Å². The molecule has 0 saturated carbocycles. The van der Waals surface area contributed by atoms with Crippen molar-refractivity contribution < 1.29 is 18.0 Å². The highest BCUT2D eigenvalue weighted by molar-refractivity contribution is 9.10. The minimum Gasteiger partial charge on any atom is -0.352 e. The summed E-state index contributed by atoms with van der Waals surface area (Å²) in [5.74, 6) is -0.740. The molecule has 0 radical (unpaired) electrons. The van der Waals surface area contributed by atoms with Gasteiger partial charge in [-0.05, 0) is 75.1 Å². The Kier molecular flexibility index (Phi) is 9.70. The predicted octanol–water partition coefficient (Wildman–Crippen LogP) is 4.16. The van der Waals surface area contributed by atoms with Gasteiger partial charge in [-0.2, -0.15) is 0 Å². The molecule has 2 rings (SSSR count). The number of aryl methyl sites for hydroxylation is 2. The van der Waals surface area contributed by atoms with Crippen LogP contribution in [-0.2, 0) is 26.2 Å². The third kappa shape index (κ3) is 7.56. The number of benzene rings is 2. The second-order valence-electron chi connectivity index (χ2n) is 8.68. The van der Waals surface area contributed by atoms with E-state index in [0.717, 1.165) is 38.1 Å². The summed E-state index contributed by atoms with van der Waals surface area (Å²) in [5.41, 5.74) is 3.19. The number of nitrogens with zero attached hydrogens (tertiary/aromatic N) is 2. The molecule has 0 heterocycles. The summed E-state index contributed by atoms with van der Waals surface area (Å²) in [5, 5.41) is 2.92. The Bertz CT molecular complexity index is 1120. The molecule has 0 aromatic heterocycles. The van der Waals surface area contributed by atoms with E-state index in [1.54, 1.807) is 19.1 Å². The minimum atomic E-state index is -3.74. The smallest absolute Gasteiger partial charge is 0.244 e. The summed E-state index contributed by atoms with van der Waals surface area (Å²) < 4.78 is 27.3. The van der Waals surface area contributed by atoms with E-state index in [1.807, 2.05) is 58.0 Å². The molecule has 1 N–H and O–H groups in total. The Labute approximate surface area is 211 Å². The molecule has 7 nitrogen and oxygen atoms in total. The van der Waals surface area contributed by atoms with E-state index in [1.165, 1.54) is 4.90 Å². The summed E-state index contributed by atoms with van der Waals surface area (Å²) in [6.45, 7) is 9.12. The lowest BCUT2D eigenvalue weighted by molar-refractivity contribution is -0.139. The van der Waals surface area contributed by atoms with Crippen LogP contribution in [-0.4, -0.2) is 50.0 Å². The van der Waals surface area contributed by atoms with E-state index >= 15 is 0 Å². The van der Waals surface area contributed by atoms with Gasteiger partial charge in [-0.1, -0.05) is 41.1 Å². The first-order chi connectivity index (χ1) is 15.8. The summed E-state index contributed by atoms with van der Waals surface area (Å²) in [4.78, 5) is 27.9. The number of halogens is 1. The maximum Gasteiger partial charge on any atom is 0.244 e. The van der Waals surface area contributed by atoms with Crippen molar-refractivity contribution >= 4 is 43.5 Å². The van der Waals surface area contributed by atoms with Crippen molar-refractivity contribution in [3.8, 4) is 0 Å². The Balaban J connectivity index is 2.39. The first-order valence-corrected chi connectivity index (χ1v) is 13.9. The molecule has 0 fully saturated rings. The monoisotopic (exact) mass is 551 g/mol. The highest BCUT2D eigenvalue weighted by atomic mass is 79.9. The van der Waals surface area contributed by atoms with Gasteiger partial charge in [-0.15, -0.1) is 0 Å². The molecule has 9 heteroatoms. The van der Waals surface area contributed by atoms with Gasteiger partial charge in [0.1, 0.15) is 12.6 Å². The second-order valence-corrected chi connectivity index (χ2v) is 11.5. The van der Waals surface area contributed by atoms with Crippen LogP contribution in [0, 0.1) is 13.8 Å². The number of hydrogen-bond donors (Lipinski definition) is 1. The Hall–Kier alpha value is -2.39. The van der Waals surface area contributed by atoms with Crippen LogP contribution in [0.25, 0.3) is 0 Å².